The number of ketones is 3. The third-order valence-electron chi connectivity index (χ3n) is 19.8. The van der Waals surface area contributed by atoms with Crippen molar-refractivity contribution < 1.29 is 95.7 Å². The maximum Gasteiger partial charge on any atom is 0.272 e. The van der Waals surface area contributed by atoms with Crippen molar-refractivity contribution in [3.8, 4) is 17.2 Å². The van der Waals surface area contributed by atoms with E-state index in [1.165, 1.54) is 51.1 Å². The molecular weight excluding hydrogens is 1710 g/mol. The molecular formula is C91H86Cl2N14O20S. The quantitative estimate of drug-likeness (QED) is 0.0156. The molecule has 9 aromatic rings. The van der Waals surface area contributed by atoms with Crippen molar-refractivity contribution in [2.24, 2.45) is 15.0 Å². The number of hydrogen-bond acceptors (Lipinski definition) is 24. The molecule has 37 heteroatoms. The van der Waals surface area contributed by atoms with Gasteiger partial charge >= 0.3 is 0 Å². The second-order valence-electron chi connectivity index (χ2n) is 29.7. The van der Waals surface area contributed by atoms with Crippen LogP contribution in [0, 0.1) is 27.7 Å². The van der Waals surface area contributed by atoms with E-state index in [-0.39, 0.29) is 86.4 Å². The van der Waals surface area contributed by atoms with Crippen LogP contribution in [0.15, 0.2) is 208 Å². The number of aromatic hydroxyl groups is 3. The van der Waals surface area contributed by atoms with Gasteiger partial charge in [0.05, 0.1) is 67.3 Å². The zero-order valence-electron chi connectivity index (χ0n) is 69.6. The maximum absolute atomic E-state index is 14.1. The number of Topliss-reactive ketones (excluding diaryl/α,β-unsaturated/α-hetero) is 3. The molecule has 9 aromatic carbocycles. The third kappa shape index (κ3) is 23.7. The van der Waals surface area contributed by atoms with E-state index in [0.29, 0.717) is 109 Å². The Hall–Kier alpha value is -15.1. The third-order valence-corrected chi connectivity index (χ3v) is 21.7. The maximum atomic E-state index is 14.1. The fraction of sp³-hybridized carbons (Fsp3) is 0.209. The Morgan fingerprint density at radius 2 is 0.773 bits per heavy atom. The number of anilines is 5. The van der Waals surface area contributed by atoms with Crippen molar-refractivity contribution >= 4 is 169 Å². The Kier molecular flexibility index (Phi) is 31.6. The van der Waals surface area contributed by atoms with E-state index in [9.17, 15) is 95.7 Å². The van der Waals surface area contributed by atoms with Crippen LogP contribution < -0.4 is 57.1 Å². The summed E-state index contributed by atoms with van der Waals surface area (Å²) in [5, 5.41) is 44.8. The van der Waals surface area contributed by atoms with Crippen LogP contribution in [-0.2, 0) is 72.4 Å². The van der Waals surface area contributed by atoms with Crippen LogP contribution >= 0.6 is 23.2 Å². The van der Waals surface area contributed by atoms with E-state index in [1.54, 1.807) is 167 Å². The van der Waals surface area contributed by atoms with E-state index in [2.05, 4.69) is 51.6 Å². The lowest BCUT2D eigenvalue weighted by atomic mass is 9.99. The molecule has 3 aliphatic rings. The number of sulfonamides is 1. The molecule has 0 saturated carbocycles. The number of nitrogen functional groups attached to an aromatic ring is 1. The van der Waals surface area contributed by atoms with Crippen molar-refractivity contribution in [1.29, 1.82) is 0 Å². The largest absolute Gasteiger partial charge is 0.507 e. The Morgan fingerprint density at radius 1 is 0.438 bits per heavy atom. The standard InChI is InChI=1S/C32H31N5O7.C31H31N5O6.C28H24Cl2N4O7S/c1-18-11-22(12-19(2)29(18)42)31(43)36-30-32(44)37(15-27(41)34-24(16-38)13-20(3)40)26-10-9-23(33-17-39)14-25(26)28(35-30)21-7-5-4-6-8-21;1-17-11-21(12-18(2)28(17)40)30(41)35-29-31(42)36(15-26(39)33-23(16-37)13-19(3)38)25-10-9-22(32)14-24(25)27(34-29)20-7-5-4-6-8-20;1-16(36)11-18(15-35)31-24(37)14-34-23-10-6-5-9-20(23)25(17-7-3-2-4-8-17)32-27(28(34)39)33-42(40,41)19-12-21(29)26(38)22(30)13-19/h4-12,14,16-17,24,30,42H,13,15H2,1-3H3,(H,33,39)(H,34,41)(H,36,43);4-12,14,16,23,29,40H,13,15,32H2,1-3H3,(H,33,39)(H,35,41);2-10,12-13,15,18,27,33,38H,11,14H2,1H3,(H,31,37)/t24-,30?;23-,29?;18-,27?/m000/s1. The summed E-state index contributed by atoms with van der Waals surface area (Å²) in [5.74, 6) is -7.15. The molecule has 660 valence electrons. The lowest BCUT2D eigenvalue weighted by molar-refractivity contribution is -0.127. The van der Waals surface area contributed by atoms with Gasteiger partial charge < -0.3 is 67.3 Å². The van der Waals surface area contributed by atoms with Gasteiger partial charge in [-0.25, -0.2) is 18.4 Å². The monoisotopic (exact) mass is 1800 g/mol. The van der Waals surface area contributed by atoms with Gasteiger partial charge in [-0.05, 0) is 150 Å². The molecule has 0 fully saturated rings. The Balaban J connectivity index is 0.000000200. The fourth-order valence-electron chi connectivity index (χ4n) is 13.8. The number of para-hydroxylation sites is 1. The van der Waals surface area contributed by atoms with E-state index in [0.717, 1.165) is 26.8 Å². The van der Waals surface area contributed by atoms with Crippen molar-refractivity contribution in [3.63, 3.8) is 0 Å². The zero-order chi connectivity index (χ0) is 93.1. The van der Waals surface area contributed by atoms with Gasteiger partial charge in [0.15, 0.2) is 11.9 Å². The van der Waals surface area contributed by atoms with Gasteiger partial charge in [0.25, 0.3) is 29.5 Å². The number of benzene rings is 9. The van der Waals surface area contributed by atoms with Gasteiger partial charge in [-0.15, -0.1) is 0 Å². The van der Waals surface area contributed by atoms with Gasteiger partial charge in [-0.1, -0.05) is 132 Å². The molecule has 12 N–H and O–H groups in total. The summed E-state index contributed by atoms with van der Waals surface area (Å²) < 4.78 is 29.1. The van der Waals surface area contributed by atoms with Crippen LogP contribution in [0.25, 0.3) is 0 Å². The van der Waals surface area contributed by atoms with Crippen LogP contribution in [0.4, 0.5) is 28.4 Å². The minimum absolute atomic E-state index is 0.0438. The molecule has 0 saturated heterocycles. The number of fused-ring (bicyclic) bond motifs is 3. The van der Waals surface area contributed by atoms with Crippen LogP contribution in [-0.4, -0.2) is 187 Å². The van der Waals surface area contributed by atoms with Crippen molar-refractivity contribution in [2.45, 2.75) is 109 Å². The first-order valence-corrected chi connectivity index (χ1v) is 41.5. The molecule has 0 aliphatic carbocycles. The van der Waals surface area contributed by atoms with Crippen LogP contribution in [0.5, 0.6) is 17.2 Å². The molecule has 3 unspecified atom stereocenters. The molecule has 9 amide bonds. The van der Waals surface area contributed by atoms with Gasteiger partial charge in [0.2, 0.25) is 46.5 Å². The first kappa shape index (κ1) is 95.2. The minimum atomic E-state index is -4.52. The number of hydrogen-bond donors (Lipinski definition) is 11. The van der Waals surface area contributed by atoms with E-state index in [1.807, 2.05) is 6.07 Å². The number of rotatable bonds is 30. The molecule has 0 radical (unpaired) electrons. The van der Waals surface area contributed by atoms with Crippen LogP contribution in [0.3, 0.4) is 0 Å². The lowest BCUT2D eigenvalue weighted by Gasteiger charge is -2.26. The summed E-state index contributed by atoms with van der Waals surface area (Å²) in [7, 11) is -4.52. The molecule has 0 spiro atoms. The Morgan fingerprint density at radius 3 is 1.15 bits per heavy atom. The number of nitrogens with two attached hydrogens (primary N) is 1. The number of carbonyl (C=O) groups excluding carboxylic acids is 15. The van der Waals surface area contributed by atoms with Crippen molar-refractivity contribution in [1.82, 2.24) is 31.3 Å². The second-order valence-corrected chi connectivity index (χ2v) is 32.2. The SMILES string of the molecule is CC(=O)C[C@@H](C=O)NC(=O)CN1C(=O)C(NC(=O)c2cc(C)c(O)c(C)c2)N=C(c2ccccc2)c2cc(N)ccc21.CC(=O)C[C@@H](C=O)NC(=O)CN1C(=O)C(NC(=O)c2cc(C)c(O)c(C)c2)N=C(c2ccccc2)c2cc(NC=O)ccc21.CC(=O)C[C@@H](C=O)NC(=O)CN1C(=O)C(NS(=O)(=O)c2cc(Cl)c(O)c(Cl)c2)N=C(c2ccccc2)c2ccccc21. The molecule has 3 aliphatic heterocycles. The number of phenols is 3. The molecule has 12 rings (SSSR count). The minimum Gasteiger partial charge on any atom is -0.507 e. The topological polar surface area (TPSA) is 508 Å². The number of aldehydes is 3. The fourth-order valence-corrected chi connectivity index (χ4v) is 15.6. The highest BCUT2D eigenvalue weighted by atomic mass is 35.5. The summed E-state index contributed by atoms with van der Waals surface area (Å²) in [6.07, 6.45) is -3.57. The van der Waals surface area contributed by atoms with Crippen LogP contribution in [0.1, 0.15) is 116 Å². The number of nitrogens with zero attached hydrogens (tertiary/aromatic N) is 6. The van der Waals surface area contributed by atoms with E-state index >= 15 is 0 Å². The number of amides is 9. The smallest absolute Gasteiger partial charge is 0.272 e. The Bertz CT molecular complexity index is 6070. The highest BCUT2D eigenvalue weighted by Crippen LogP contribution is 2.38. The Labute approximate surface area is 743 Å². The average molecular weight is 1800 g/mol. The first-order chi connectivity index (χ1) is 60.9. The van der Waals surface area contributed by atoms with Gasteiger partial charge in [0, 0.05) is 75.1 Å². The molecule has 6 atom stereocenters. The summed E-state index contributed by atoms with van der Waals surface area (Å²) in [4.78, 5) is 205. The number of halogens is 2. The summed E-state index contributed by atoms with van der Waals surface area (Å²) in [5.41, 5.74) is 14.0. The average Bonchev–Trinajstić information content (AvgIpc) is 1.63. The van der Waals surface area contributed by atoms with Gasteiger partial charge in [-0.3, -0.25) is 77.2 Å². The van der Waals surface area contributed by atoms with Crippen molar-refractivity contribution in [2.75, 3.05) is 45.4 Å². The number of phenolic OH excluding ortho intramolecular Hbond substituents is 3. The zero-order valence-corrected chi connectivity index (χ0v) is 71.9. The number of benzodiazepines with no additional fused rings is 3. The number of carbonyl (C=O) groups is 15. The lowest BCUT2D eigenvalue weighted by Crippen LogP contribution is -2.51. The van der Waals surface area contributed by atoms with Gasteiger partial charge in [0.1, 0.15) is 67.3 Å². The highest BCUT2D eigenvalue weighted by molar-refractivity contribution is 7.89. The van der Waals surface area contributed by atoms with E-state index in [4.69, 9.17) is 28.9 Å². The number of aryl methyl sites for hydroxylation is 4. The second kappa shape index (κ2) is 42.5. The first-order valence-electron chi connectivity index (χ1n) is 39.2. The van der Waals surface area contributed by atoms with Gasteiger partial charge in [-0.2, -0.15) is 4.72 Å². The summed E-state index contributed by atoms with van der Waals surface area (Å²) >= 11 is 11.9. The summed E-state index contributed by atoms with van der Waals surface area (Å²) in [6, 6.07) is 47.2. The number of nitrogens with one attached hydrogen (secondary N) is 7. The molecule has 0 bridgehead atoms. The van der Waals surface area contributed by atoms with Crippen molar-refractivity contribution in [3.05, 3.63) is 265 Å². The molecule has 0 aromatic heterocycles. The van der Waals surface area contributed by atoms with Crippen LogP contribution in [0.2, 0.25) is 10.0 Å². The predicted molar refractivity (Wildman–Crippen MR) is 477 cm³/mol. The number of aliphatic imine (C=N–C) groups is 3. The molecule has 128 heavy (non-hydrogen) atoms. The molecule has 34 nitrogen and oxygen atoms in total. The van der Waals surface area contributed by atoms with E-state index < -0.39 is 124 Å². The predicted octanol–water partition coefficient (Wildman–Crippen LogP) is 7.22. The molecule has 3 heterocycles. The highest BCUT2D eigenvalue weighted by Gasteiger charge is 2.40. The normalized spacial score (nSPS) is 15.2. The summed E-state index contributed by atoms with van der Waals surface area (Å²) in [6.45, 7) is 8.72.